The van der Waals surface area contributed by atoms with Gasteiger partial charge in [-0.15, -0.1) is 0 Å². The average molecular weight is 331 g/mol. The minimum Gasteiger partial charge on any atom is -0.469 e. The van der Waals surface area contributed by atoms with Crippen LogP contribution in [0.15, 0.2) is 29.3 Å². The van der Waals surface area contributed by atoms with E-state index in [9.17, 15) is 18.0 Å². The molecule has 0 saturated heterocycles. The normalized spacial score (nSPS) is 12.0. The van der Waals surface area contributed by atoms with Gasteiger partial charge in [0.25, 0.3) is 0 Å². The van der Waals surface area contributed by atoms with E-state index in [1.165, 1.54) is 19.2 Å². The molecule has 23 heavy (non-hydrogen) atoms. The molecule has 8 heteroatoms. The Morgan fingerprint density at radius 1 is 1.30 bits per heavy atom. The Bertz CT molecular complexity index is 542. The van der Waals surface area contributed by atoms with Crippen LogP contribution in [0, 0.1) is 0 Å². The van der Waals surface area contributed by atoms with Crippen LogP contribution in [0.3, 0.4) is 0 Å². The van der Waals surface area contributed by atoms with Gasteiger partial charge in [-0.1, -0.05) is 12.1 Å². The molecule has 0 aromatic heterocycles. The lowest BCUT2D eigenvalue weighted by atomic mass is 10.1. The molecule has 5 nitrogen and oxygen atoms in total. The molecule has 0 aliphatic carbocycles. The first-order chi connectivity index (χ1) is 10.8. The van der Waals surface area contributed by atoms with Gasteiger partial charge in [0.1, 0.15) is 0 Å². The van der Waals surface area contributed by atoms with Crippen molar-refractivity contribution >= 4 is 11.9 Å². The van der Waals surface area contributed by atoms with Gasteiger partial charge in [-0.3, -0.25) is 9.79 Å². The van der Waals surface area contributed by atoms with Crippen molar-refractivity contribution in [2.45, 2.75) is 19.1 Å². The number of methoxy groups -OCH3 is 1. The molecule has 0 spiro atoms. The molecule has 0 unspecified atom stereocenters. The summed E-state index contributed by atoms with van der Waals surface area (Å²) in [6.45, 7) is 0.743. The van der Waals surface area contributed by atoms with E-state index in [1.807, 2.05) is 0 Å². The van der Waals surface area contributed by atoms with Crippen molar-refractivity contribution in [2.75, 3.05) is 27.7 Å². The van der Waals surface area contributed by atoms with Crippen LogP contribution in [-0.4, -0.2) is 44.6 Å². The zero-order valence-electron chi connectivity index (χ0n) is 13.3. The summed E-state index contributed by atoms with van der Waals surface area (Å²) in [5.74, 6) is 0.201. The molecule has 1 aromatic rings. The van der Waals surface area contributed by atoms with Crippen molar-refractivity contribution in [3.8, 4) is 0 Å². The number of esters is 1. The molecule has 0 fully saturated rings. The van der Waals surface area contributed by atoms with Crippen molar-refractivity contribution in [2.24, 2.45) is 4.99 Å². The number of benzene rings is 1. The lowest BCUT2D eigenvalue weighted by Gasteiger charge is -2.22. The topological polar surface area (TPSA) is 53.9 Å². The van der Waals surface area contributed by atoms with Crippen molar-refractivity contribution in [1.29, 1.82) is 0 Å². The summed E-state index contributed by atoms with van der Waals surface area (Å²) in [5, 5.41) is 2.99. The van der Waals surface area contributed by atoms with Crippen LogP contribution in [0.5, 0.6) is 0 Å². The number of alkyl halides is 3. The first-order valence-corrected chi connectivity index (χ1v) is 6.92. The summed E-state index contributed by atoms with van der Waals surface area (Å²) in [4.78, 5) is 16.9. The van der Waals surface area contributed by atoms with Gasteiger partial charge in [-0.25, -0.2) is 0 Å². The summed E-state index contributed by atoms with van der Waals surface area (Å²) in [7, 11) is 4.66. The van der Waals surface area contributed by atoms with Crippen LogP contribution in [0.4, 0.5) is 13.2 Å². The molecule has 0 radical (unpaired) electrons. The van der Waals surface area contributed by atoms with Crippen LogP contribution >= 0.6 is 0 Å². The van der Waals surface area contributed by atoms with Crippen LogP contribution in [-0.2, 0) is 22.3 Å². The highest BCUT2D eigenvalue weighted by Crippen LogP contribution is 2.29. The van der Waals surface area contributed by atoms with Gasteiger partial charge >= 0.3 is 12.1 Å². The number of guanidine groups is 1. The van der Waals surface area contributed by atoms with Crippen LogP contribution in [0.25, 0.3) is 0 Å². The van der Waals surface area contributed by atoms with Gasteiger partial charge in [0, 0.05) is 27.2 Å². The highest BCUT2D eigenvalue weighted by Gasteiger charge is 2.29. The number of hydrogen-bond acceptors (Lipinski definition) is 3. The average Bonchev–Trinajstić information content (AvgIpc) is 2.50. The van der Waals surface area contributed by atoms with Gasteiger partial charge in [-0.05, 0) is 17.7 Å². The Morgan fingerprint density at radius 3 is 2.39 bits per heavy atom. The van der Waals surface area contributed by atoms with Gasteiger partial charge in [0.15, 0.2) is 5.96 Å². The van der Waals surface area contributed by atoms with Gasteiger partial charge in [0.2, 0.25) is 0 Å². The fourth-order valence-corrected chi connectivity index (χ4v) is 1.91. The predicted octanol–water partition coefficient (Wildman–Crippen LogP) is 2.28. The first kappa shape index (κ1) is 18.8. The molecule has 128 valence electrons. The van der Waals surface area contributed by atoms with Crippen molar-refractivity contribution < 1.29 is 22.7 Å². The Morgan fingerprint density at radius 2 is 1.91 bits per heavy atom. The van der Waals surface area contributed by atoms with E-state index in [2.05, 4.69) is 15.0 Å². The van der Waals surface area contributed by atoms with E-state index < -0.39 is 11.7 Å². The molecular weight excluding hydrogens is 311 g/mol. The van der Waals surface area contributed by atoms with Gasteiger partial charge < -0.3 is 15.0 Å². The minimum absolute atomic E-state index is 0.198. The Kier molecular flexibility index (Phi) is 6.87. The fraction of sp³-hybridized carbons (Fsp3) is 0.467. The molecule has 0 atom stereocenters. The van der Waals surface area contributed by atoms with E-state index in [-0.39, 0.29) is 12.4 Å². The third-order valence-electron chi connectivity index (χ3n) is 3.11. The quantitative estimate of drug-likeness (QED) is 0.511. The van der Waals surface area contributed by atoms with Crippen molar-refractivity contribution in [1.82, 2.24) is 10.2 Å². The van der Waals surface area contributed by atoms with Crippen LogP contribution in [0.1, 0.15) is 17.5 Å². The molecule has 0 heterocycles. The van der Waals surface area contributed by atoms with Crippen LogP contribution < -0.4 is 5.32 Å². The van der Waals surface area contributed by atoms with E-state index >= 15 is 0 Å². The first-order valence-electron chi connectivity index (χ1n) is 6.92. The standard InChI is InChI=1S/C15H20F3N3O2/c1-19-14(20-9-8-13(22)23-3)21(2)10-11-4-6-12(7-5-11)15(16,17)18/h4-7H,8-10H2,1-3H3,(H,19,20). The second-order valence-corrected chi connectivity index (χ2v) is 4.85. The summed E-state index contributed by atoms with van der Waals surface area (Å²) in [6, 6.07) is 4.97. The maximum atomic E-state index is 12.5. The zero-order chi connectivity index (χ0) is 17.5. The predicted molar refractivity (Wildman–Crippen MR) is 80.9 cm³/mol. The van der Waals surface area contributed by atoms with E-state index in [4.69, 9.17) is 0 Å². The smallest absolute Gasteiger partial charge is 0.416 e. The van der Waals surface area contributed by atoms with Gasteiger partial charge in [-0.2, -0.15) is 13.2 Å². The molecule has 0 bridgehead atoms. The highest BCUT2D eigenvalue weighted by atomic mass is 19.4. The number of carbonyl (C=O) groups excluding carboxylic acids is 1. The summed E-state index contributed by atoms with van der Waals surface area (Å²) < 4.78 is 42.1. The third-order valence-corrected chi connectivity index (χ3v) is 3.11. The van der Waals surface area contributed by atoms with Crippen molar-refractivity contribution in [3.05, 3.63) is 35.4 Å². The van der Waals surface area contributed by atoms with Gasteiger partial charge in [0.05, 0.1) is 19.1 Å². The maximum Gasteiger partial charge on any atom is 0.416 e. The largest absolute Gasteiger partial charge is 0.469 e. The zero-order valence-corrected chi connectivity index (χ0v) is 13.3. The monoisotopic (exact) mass is 331 g/mol. The summed E-state index contributed by atoms with van der Waals surface area (Å²) in [5.41, 5.74) is 0.0425. The maximum absolute atomic E-state index is 12.5. The molecular formula is C15H20F3N3O2. The second kappa shape index (κ2) is 8.40. The number of ether oxygens (including phenoxy) is 1. The molecule has 1 N–H and O–H groups in total. The number of aliphatic imine (C=N–C) groups is 1. The Labute approximate surface area is 133 Å². The summed E-state index contributed by atoms with van der Waals surface area (Å²) >= 11 is 0. The molecule has 1 aromatic carbocycles. The number of hydrogen-bond donors (Lipinski definition) is 1. The minimum atomic E-state index is -4.34. The lowest BCUT2D eigenvalue weighted by Crippen LogP contribution is -2.39. The second-order valence-electron chi connectivity index (χ2n) is 4.85. The number of rotatable bonds is 5. The van der Waals surface area contributed by atoms with E-state index in [0.717, 1.165) is 17.7 Å². The molecule has 1 rings (SSSR count). The van der Waals surface area contributed by atoms with E-state index in [1.54, 1.807) is 19.0 Å². The molecule has 0 saturated carbocycles. The van der Waals surface area contributed by atoms with Crippen LogP contribution in [0.2, 0.25) is 0 Å². The molecule has 0 amide bonds. The van der Waals surface area contributed by atoms with Crippen molar-refractivity contribution in [3.63, 3.8) is 0 Å². The molecule has 0 aliphatic rings. The Hall–Kier alpha value is -2.25. The highest BCUT2D eigenvalue weighted by molar-refractivity contribution is 5.80. The Balaban J connectivity index is 2.59. The summed E-state index contributed by atoms with van der Waals surface area (Å²) in [6.07, 6.45) is -4.14. The fourth-order valence-electron chi connectivity index (χ4n) is 1.91. The lowest BCUT2D eigenvalue weighted by molar-refractivity contribution is -0.140. The SMILES string of the molecule is CN=C(NCCC(=O)OC)N(C)Cc1ccc(C(F)(F)F)cc1. The van der Waals surface area contributed by atoms with E-state index in [0.29, 0.717) is 19.0 Å². The number of nitrogens with zero attached hydrogens (tertiary/aromatic N) is 2. The molecule has 0 aliphatic heterocycles. The third kappa shape index (κ3) is 6.17. The number of halogens is 3. The number of nitrogens with one attached hydrogen (secondary N) is 1. The number of carbonyl (C=O) groups is 1.